The summed E-state index contributed by atoms with van der Waals surface area (Å²) in [6.07, 6.45) is 0. The molecule has 11 nitrogen and oxygen atoms in total. The zero-order valence-corrected chi connectivity index (χ0v) is 16.8. The third-order valence-corrected chi connectivity index (χ3v) is 4.41. The molecule has 0 saturated carbocycles. The van der Waals surface area contributed by atoms with Gasteiger partial charge >= 0.3 is 6.61 Å². The highest BCUT2D eigenvalue weighted by Crippen LogP contribution is 2.35. The van der Waals surface area contributed by atoms with Gasteiger partial charge < -0.3 is 9.47 Å². The van der Waals surface area contributed by atoms with Crippen molar-refractivity contribution in [1.29, 1.82) is 0 Å². The molecule has 168 valence electrons. The van der Waals surface area contributed by atoms with E-state index in [1.165, 1.54) is 4.57 Å². The number of nitrogens with one attached hydrogen (secondary N) is 2. The average Bonchev–Trinajstić information content (AvgIpc) is 2.76. The van der Waals surface area contributed by atoms with Gasteiger partial charge in [-0.15, -0.1) is 0 Å². The number of nitrogens with zero attached hydrogens (tertiary/aromatic N) is 3. The number of amides is 1. The number of hydrazine groups is 1. The number of alkyl halides is 2. The lowest BCUT2D eigenvalue weighted by molar-refractivity contribution is -0.385. The smallest absolute Gasteiger partial charge is 0.387 e. The number of hydrogen-bond donors (Lipinski definition) is 2. The first-order chi connectivity index (χ1) is 15.3. The zero-order valence-electron chi connectivity index (χ0n) is 16.8. The van der Waals surface area contributed by atoms with E-state index in [1.807, 2.05) is 0 Å². The first-order valence-electron chi connectivity index (χ1n) is 9.14. The Kier molecular flexibility index (Phi) is 6.47. The Labute approximate surface area is 178 Å². The zero-order chi connectivity index (χ0) is 23.4. The summed E-state index contributed by atoms with van der Waals surface area (Å²) in [6, 6.07) is 8.16. The molecule has 0 spiro atoms. The minimum Gasteiger partial charge on any atom is -0.493 e. The van der Waals surface area contributed by atoms with Gasteiger partial charge in [0.15, 0.2) is 11.5 Å². The van der Waals surface area contributed by atoms with Gasteiger partial charge in [-0.25, -0.2) is 4.98 Å². The molecule has 0 radical (unpaired) electrons. The van der Waals surface area contributed by atoms with E-state index in [2.05, 4.69) is 20.6 Å². The Morgan fingerprint density at radius 3 is 2.62 bits per heavy atom. The molecule has 0 unspecified atom stereocenters. The maximum atomic E-state index is 12.7. The van der Waals surface area contributed by atoms with Crippen LogP contribution in [0.3, 0.4) is 0 Å². The monoisotopic (exact) mass is 449 g/mol. The predicted molar refractivity (Wildman–Crippen MR) is 109 cm³/mol. The molecule has 1 heterocycles. The number of carbonyl (C=O) groups is 1. The predicted octanol–water partition coefficient (Wildman–Crippen LogP) is 2.69. The van der Waals surface area contributed by atoms with Gasteiger partial charge in [0.2, 0.25) is 5.95 Å². The van der Waals surface area contributed by atoms with E-state index < -0.39 is 34.4 Å². The molecule has 0 saturated heterocycles. The van der Waals surface area contributed by atoms with E-state index in [1.54, 1.807) is 31.2 Å². The van der Waals surface area contributed by atoms with Crippen LogP contribution in [0.5, 0.6) is 11.5 Å². The summed E-state index contributed by atoms with van der Waals surface area (Å²) in [5.74, 6) is -1.91. The lowest BCUT2D eigenvalue weighted by Gasteiger charge is -2.15. The molecule has 2 aromatic carbocycles. The fourth-order valence-electron chi connectivity index (χ4n) is 2.97. The number of nitro benzene ring substituents is 1. The van der Waals surface area contributed by atoms with Gasteiger partial charge in [0.05, 0.1) is 29.0 Å². The maximum absolute atomic E-state index is 12.7. The third-order valence-electron chi connectivity index (χ3n) is 4.41. The molecule has 13 heteroatoms. The van der Waals surface area contributed by atoms with Gasteiger partial charge in [-0.1, -0.05) is 12.1 Å². The Bertz CT molecular complexity index is 1250. The minimum atomic E-state index is -3.25. The summed E-state index contributed by atoms with van der Waals surface area (Å²) in [5, 5.41) is 11.8. The second kappa shape index (κ2) is 9.24. The van der Waals surface area contributed by atoms with Crippen molar-refractivity contribution in [1.82, 2.24) is 15.0 Å². The standard InChI is InChI=1S/C19H17F2N5O6/c1-3-25-17(28)10-6-4-5-7-12(10)22-19(25)24-23-16(27)11-8-14(31-2)15(32-18(20)21)9-13(11)26(29)30/h4-9,18H,3H2,1-2H3,(H,22,24)(H,23,27). The largest absolute Gasteiger partial charge is 0.493 e. The molecule has 3 rings (SSSR count). The molecule has 0 fully saturated rings. The highest BCUT2D eigenvalue weighted by molar-refractivity contribution is 5.99. The number of ether oxygens (including phenoxy) is 2. The van der Waals surface area contributed by atoms with Crippen molar-refractivity contribution < 1.29 is 28.0 Å². The minimum absolute atomic E-state index is 0.00294. The molecule has 0 aliphatic carbocycles. The van der Waals surface area contributed by atoms with Crippen molar-refractivity contribution in [2.24, 2.45) is 0 Å². The van der Waals surface area contributed by atoms with Gasteiger partial charge in [-0.2, -0.15) is 8.78 Å². The van der Waals surface area contributed by atoms with Gasteiger partial charge in [0.1, 0.15) is 5.56 Å². The molecule has 32 heavy (non-hydrogen) atoms. The Morgan fingerprint density at radius 2 is 2.00 bits per heavy atom. The van der Waals surface area contributed by atoms with E-state index in [-0.39, 0.29) is 23.8 Å². The fraction of sp³-hybridized carbons (Fsp3) is 0.211. The summed E-state index contributed by atoms with van der Waals surface area (Å²) >= 11 is 0. The molecular formula is C19H17F2N5O6. The first kappa shape index (κ1) is 22.4. The SMILES string of the molecule is CCn1c(NNC(=O)c2cc(OC)c(OC(F)F)cc2[N+](=O)[O-])nc2ccccc2c1=O. The third kappa shape index (κ3) is 4.40. The van der Waals surface area contributed by atoms with E-state index in [4.69, 9.17) is 4.74 Å². The van der Waals surface area contributed by atoms with E-state index in [0.29, 0.717) is 17.0 Å². The van der Waals surface area contributed by atoms with Gasteiger partial charge in [-0.05, 0) is 19.1 Å². The topological polar surface area (TPSA) is 138 Å². The number of halogens is 2. The normalized spacial score (nSPS) is 10.8. The highest BCUT2D eigenvalue weighted by Gasteiger charge is 2.26. The molecule has 2 N–H and O–H groups in total. The summed E-state index contributed by atoms with van der Waals surface area (Å²) in [7, 11) is 1.12. The van der Waals surface area contributed by atoms with Crippen LogP contribution in [0, 0.1) is 10.1 Å². The number of para-hydroxylation sites is 1. The van der Waals surface area contributed by atoms with Gasteiger partial charge in [-0.3, -0.25) is 35.1 Å². The second-order valence-electron chi connectivity index (χ2n) is 6.24. The van der Waals surface area contributed by atoms with Crippen LogP contribution in [0.1, 0.15) is 17.3 Å². The molecular weight excluding hydrogens is 432 g/mol. The lowest BCUT2D eigenvalue weighted by atomic mass is 10.1. The van der Waals surface area contributed by atoms with E-state index >= 15 is 0 Å². The van der Waals surface area contributed by atoms with Crippen molar-refractivity contribution in [3.63, 3.8) is 0 Å². The summed E-state index contributed by atoms with van der Waals surface area (Å²) in [4.78, 5) is 40.0. The number of nitro groups is 1. The number of benzene rings is 2. The number of fused-ring (bicyclic) bond motifs is 1. The molecule has 1 aromatic heterocycles. The van der Waals surface area contributed by atoms with Gasteiger partial charge in [0, 0.05) is 12.6 Å². The van der Waals surface area contributed by atoms with Crippen molar-refractivity contribution >= 4 is 28.4 Å². The van der Waals surface area contributed by atoms with Crippen molar-refractivity contribution in [3.8, 4) is 11.5 Å². The number of hydrogen-bond acceptors (Lipinski definition) is 8. The molecule has 3 aromatic rings. The lowest BCUT2D eigenvalue weighted by Crippen LogP contribution is -2.34. The van der Waals surface area contributed by atoms with E-state index in [0.717, 1.165) is 13.2 Å². The number of aromatic nitrogens is 2. The molecule has 0 atom stereocenters. The van der Waals surface area contributed by atoms with Crippen molar-refractivity contribution in [2.75, 3.05) is 12.5 Å². The van der Waals surface area contributed by atoms with Crippen LogP contribution in [-0.4, -0.2) is 34.1 Å². The van der Waals surface area contributed by atoms with Gasteiger partial charge in [0.25, 0.3) is 17.2 Å². The number of carbonyl (C=O) groups excluding carboxylic acids is 1. The Morgan fingerprint density at radius 1 is 1.28 bits per heavy atom. The van der Waals surface area contributed by atoms with Crippen LogP contribution in [0.4, 0.5) is 20.4 Å². The van der Waals surface area contributed by atoms with Crippen molar-refractivity contribution in [2.45, 2.75) is 20.1 Å². The summed E-state index contributed by atoms with van der Waals surface area (Å²) in [6.45, 7) is -1.33. The molecule has 0 aliphatic heterocycles. The highest BCUT2D eigenvalue weighted by atomic mass is 19.3. The fourth-order valence-corrected chi connectivity index (χ4v) is 2.97. The number of anilines is 1. The summed E-state index contributed by atoms with van der Waals surface area (Å²) < 4.78 is 35.5. The number of methoxy groups -OCH3 is 1. The second-order valence-corrected chi connectivity index (χ2v) is 6.24. The van der Waals surface area contributed by atoms with Crippen LogP contribution in [0.2, 0.25) is 0 Å². The Balaban J connectivity index is 1.96. The average molecular weight is 449 g/mol. The quantitative estimate of drug-likeness (QED) is 0.396. The summed E-state index contributed by atoms with van der Waals surface area (Å²) in [5.41, 5.74) is 3.45. The van der Waals surface area contributed by atoms with Crippen LogP contribution in [-0.2, 0) is 6.54 Å². The maximum Gasteiger partial charge on any atom is 0.387 e. The molecule has 1 amide bonds. The first-order valence-corrected chi connectivity index (χ1v) is 9.14. The van der Waals surface area contributed by atoms with Crippen LogP contribution < -0.4 is 25.9 Å². The van der Waals surface area contributed by atoms with Crippen LogP contribution in [0.15, 0.2) is 41.2 Å². The van der Waals surface area contributed by atoms with Crippen LogP contribution in [0.25, 0.3) is 10.9 Å². The molecule has 0 bridgehead atoms. The molecule has 0 aliphatic rings. The van der Waals surface area contributed by atoms with E-state index in [9.17, 15) is 28.5 Å². The van der Waals surface area contributed by atoms with Crippen molar-refractivity contribution in [3.05, 3.63) is 62.4 Å². The van der Waals surface area contributed by atoms with Crippen LogP contribution >= 0.6 is 0 Å². The Hall–Kier alpha value is -4.29. The number of rotatable bonds is 8.